The molecule has 0 aliphatic rings. The smallest absolute Gasteiger partial charge is 0.161 e. The Hall–Kier alpha value is -6.00. The van der Waals surface area contributed by atoms with Gasteiger partial charge in [-0.2, -0.15) is 0 Å². The third-order valence-corrected chi connectivity index (χ3v) is 9.57. The topological polar surface area (TPSA) is 35.6 Å². The van der Waals surface area contributed by atoms with Crippen LogP contribution in [0.4, 0.5) is 0 Å². The zero-order valence-electron chi connectivity index (χ0n) is 27.5. The molecule has 0 atom stereocenters. The van der Waals surface area contributed by atoms with E-state index in [2.05, 4.69) is 150 Å². The van der Waals surface area contributed by atoms with Crippen LogP contribution in [0.25, 0.3) is 77.5 Å². The van der Waals surface area contributed by atoms with Gasteiger partial charge in [0.2, 0.25) is 0 Å². The van der Waals surface area contributed by atoms with E-state index in [0.29, 0.717) is 0 Å². The van der Waals surface area contributed by atoms with E-state index in [1.165, 1.54) is 49.2 Å². The van der Waals surface area contributed by atoms with Crippen molar-refractivity contribution in [2.24, 2.45) is 0 Å². The highest BCUT2D eigenvalue weighted by Crippen LogP contribution is 2.40. The van der Waals surface area contributed by atoms with Gasteiger partial charge in [0.1, 0.15) is 0 Å². The molecule has 3 heterocycles. The molecule has 4 nitrogen and oxygen atoms in total. The minimum Gasteiger partial charge on any atom is -0.309 e. The van der Waals surface area contributed by atoms with E-state index in [-0.39, 0.29) is 0 Å². The van der Waals surface area contributed by atoms with Crippen LogP contribution in [0.3, 0.4) is 0 Å². The molecule has 9 rings (SSSR count). The maximum absolute atomic E-state index is 5.02. The molecule has 0 fully saturated rings. The highest BCUT2D eigenvalue weighted by atomic mass is 15.0. The Bertz CT molecular complexity index is 2700. The van der Waals surface area contributed by atoms with Crippen LogP contribution in [0.1, 0.15) is 22.5 Å². The standard InChI is InChI=1S/C44H34N4/c1-27-17-20-41-35(23-27)33-12-6-9-15-39(33)47(41)38-14-8-5-11-32(38)31-19-22-43(37(26-31)44-45-29(3)25-30(4)46-44)48-40-16-10-7-13-34(40)36-24-28(2)18-21-42(36)48/h5-26H,1-4H3. The second-order valence-electron chi connectivity index (χ2n) is 13.0. The fourth-order valence-corrected chi connectivity index (χ4v) is 7.53. The molecule has 0 saturated heterocycles. The van der Waals surface area contributed by atoms with Gasteiger partial charge in [0.15, 0.2) is 5.82 Å². The van der Waals surface area contributed by atoms with Crippen molar-refractivity contribution in [1.29, 1.82) is 0 Å². The molecule has 0 saturated carbocycles. The number of benzene rings is 6. The van der Waals surface area contributed by atoms with Crippen molar-refractivity contribution in [3.63, 3.8) is 0 Å². The first-order valence-electron chi connectivity index (χ1n) is 16.5. The van der Waals surface area contributed by atoms with E-state index in [1.807, 2.05) is 19.9 Å². The fourth-order valence-electron chi connectivity index (χ4n) is 7.53. The van der Waals surface area contributed by atoms with Crippen molar-refractivity contribution >= 4 is 43.6 Å². The molecule has 48 heavy (non-hydrogen) atoms. The number of aromatic nitrogens is 4. The molecule has 0 bridgehead atoms. The monoisotopic (exact) mass is 618 g/mol. The zero-order chi connectivity index (χ0) is 32.5. The molecule has 0 aliphatic carbocycles. The number of rotatable bonds is 4. The van der Waals surface area contributed by atoms with Crippen molar-refractivity contribution in [1.82, 2.24) is 19.1 Å². The van der Waals surface area contributed by atoms with Gasteiger partial charge in [-0.15, -0.1) is 0 Å². The summed E-state index contributed by atoms with van der Waals surface area (Å²) >= 11 is 0. The van der Waals surface area contributed by atoms with Crippen molar-refractivity contribution in [2.45, 2.75) is 27.7 Å². The number of para-hydroxylation sites is 3. The summed E-state index contributed by atoms with van der Waals surface area (Å²) in [6.45, 7) is 8.41. The lowest BCUT2D eigenvalue weighted by Gasteiger charge is -2.18. The van der Waals surface area contributed by atoms with Gasteiger partial charge >= 0.3 is 0 Å². The van der Waals surface area contributed by atoms with Crippen molar-refractivity contribution < 1.29 is 0 Å². The predicted molar refractivity (Wildman–Crippen MR) is 201 cm³/mol. The van der Waals surface area contributed by atoms with Gasteiger partial charge in [0.25, 0.3) is 0 Å². The first-order valence-corrected chi connectivity index (χ1v) is 16.5. The summed E-state index contributed by atoms with van der Waals surface area (Å²) in [5.74, 6) is 0.729. The molecule has 6 aromatic carbocycles. The van der Waals surface area contributed by atoms with Crippen molar-refractivity contribution in [2.75, 3.05) is 0 Å². The SMILES string of the molecule is Cc1ccc2c(c1)c1ccccc1n2-c1ccccc1-c1ccc(-n2c3ccccc3c3cc(C)ccc32)c(-c2nc(C)cc(C)n2)c1. The summed E-state index contributed by atoms with van der Waals surface area (Å²) in [4.78, 5) is 10.0. The van der Waals surface area contributed by atoms with Crippen LogP contribution >= 0.6 is 0 Å². The average Bonchev–Trinajstić information content (AvgIpc) is 3.59. The van der Waals surface area contributed by atoms with Gasteiger partial charge in [-0.25, -0.2) is 9.97 Å². The largest absolute Gasteiger partial charge is 0.309 e. The van der Waals surface area contributed by atoms with Crippen LogP contribution in [-0.4, -0.2) is 19.1 Å². The maximum atomic E-state index is 5.02. The summed E-state index contributed by atoms with van der Waals surface area (Å²) in [5.41, 5.74) is 14.6. The lowest BCUT2D eigenvalue weighted by Crippen LogP contribution is -2.02. The summed E-state index contributed by atoms with van der Waals surface area (Å²) in [7, 11) is 0. The zero-order valence-corrected chi connectivity index (χ0v) is 27.5. The van der Waals surface area contributed by atoms with E-state index in [0.717, 1.165) is 50.8 Å². The molecule has 0 N–H and O–H groups in total. The Morgan fingerprint density at radius 1 is 0.396 bits per heavy atom. The minimum absolute atomic E-state index is 0.729. The van der Waals surface area contributed by atoms with Crippen LogP contribution in [0, 0.1) is 27.7 Å². The third-order valence-electron chi connectivity index (χ3n) is 9.57. The van der Waals surface area contributed by atoms with Crippen LogP contribution in [0.5, 0.6) is 0 Å². The van der Waals surface area contributed by atoms with E-state index in [1.54, 1.807) is 0 Å². The second kappa shape index (κ2) is 10.8. The highest BCUT2D eigenvalue weighted by Gasteiger charge is 2.20. The number of aryl methyl sites for hydroxylation is 4. The number of fused-ring (bicyclic) bond motifs is 6. The first kappa shape index (κ1) is 28.2. The molecule has 230 valence electrons. The molecule has 3 aromatic heterocycles. The van der Waals surface area contributed by atoms with Crippen molar-refractivity contribution in [3.05, 3.63) is 156 Å². The molecule has 0 spiro atoms. The van der Waals surface area contributed by atoms with Gasteiger partial charge in [0, 0.05) is 44.1 Å². The van der Waals surface area contributed by atoms with Gasteiger partial charge in [0.05, 0.1) is 33.4 Å². The Morgan fingerprint density at radius 2 is 0.896 bits per heavy atom. The van der Waals surface area contributed by atoms with Gasteiger partial charge in [-0.3, -0.25) is 0 Å². The summed E-state index contributed by atoms with van der Waals surface area (Å²) in [6.07, 6.45) is 0. The lowest BCUT2D eigenvalue weighted by atomic mass is 9.99. The van der Waals surface area contributed by atoms with Crippen LogP contribution in [0.15, 0.2) is 133 Å². The molecule has 0 amide bonds. The maximum Gasteiger partial charge on any atom is 0.161 e. The lowest BCUT2D eigenvalue weighted by molar-refractivity contribution is 1.05. The number of hydrogen-bond donors (Lipinski definition) is 0. The molecular weight excluding hydrogens is 585 g/mol. The van der Waals surface area contributed by atoms with Crippen molar-refractivity contribution in [3.8, 4) is 33.9 Å². The third kappa shape index (κ3) is 4.37. The molecule has 0 radical (unpaired) electrons. The molecule has 9 aromatic rings. The molecule has 4 heteroatoms. The van der Waals surface area contributed by atoms with Gasteiger partial charge in [-0.1, -0.05) is 83.9 Å². The number of nitrogens with zero attached hydrogens (tertiary/aromatic N) is 4. The van der Waals surface area contributed by atoms with Gasteiger partial charge in [-0.05, 0) is 93.9 Å². The number of hydrogen-bond acceptors (Lipinski definition) is 2. The molecule has 0 aliphatic heterocycles. The second-order valence-corrected chi connectivity index (χ2v) is 13.0. The normalized spacial score (nSPS) is 11.8. The Kier molecular flexibility index (Phi) is 6.34. The quantitative estimate of drug-likeness (QED) is 0.197. The highest BCUT2D eigenvalue weighted by molar-refractivity contribution is 6.11. The van der Waals surface area contributed by atoms with E-state index in [4.69, 9.17) is 9.97 Å². The average molecular weight is 619 g/mol. The Morgan fingerprint density at radius 3 is 1.50 bits per heavy atom. The summed E-state index contributed by atoms with van der Waals surface area (Å²) < 4.78 is 4.79. The van der Waals surface area contributed by atoms with Crippen LogP contribution < -0.4 is 0 Å². The van der Waals surface area contributed by atoms with Crippen LogP contribution in [0.2, 0.25) is 0 Å². The molecule has 0 unspecified atom stereocenters. The predicted octanol–water partition coefficient (Wildman–Crippen LogP) is 11.2. The Labute approximate surface area is 279 Å². The van der Waals surface area contributed by atoms with Gasteiger partial charge < -0.3 is 9.13 Å². The van der Waals surface area contributed by atoms with E-state index in [9.17, 15) is 0 Å². The Balaban J connectivity index is 1.34. The van der Waals surface area contributed by atoms with Crippen LogP contribution in [-0.2, 0) is 0 Å². The fraction of sp³-hybridized carbons (Fsp3) is 0.0909. The van der Waals surface area contributed by atoms with E-state index >= 15 is 0 Å². The summed E-state index contributed by atoms with van der Waals surface area (Å²) in [6, 6.07) is 48.4. The summed E-state index contributed by atoms with van der Waals surface area (Å²) in [5, 5.41) is 5.00. The minimum atomic E-state index is 0.729. The first-order chi connectivity index (χ1) is 23.4. The van der Waals surface area contributed by atoms with E-state index < -0.39 is 0 Å². The molecular formula is C44H34N4.